The second kappa shape index (κ2) is 4.45. The van der Waals surface area contributed by atoms with E-state index in [4.69, 9.17) is 9.31 Å². The molecule has 1 spiro atoms. The first kappa shape index (κ1) is 15.5. The maximum Gasteiger partial charge on any atom is 0.340 e. The second-order valence-corrected chi connectivity index (χ2v) is 10.3. The normalized spacial score (nSPS) is 55.9. The second-order valence-electron chi connectivity index (χ2n) is 10.3. The summed E-state index contributed by atoms with van der Waals surface area (Å²) < 4.78 is 14.1. The number of nitrogens with zero attached hydrogens (tertiary/aromatic N) is 2. The van der Waals surface area contributed by atoms with Crippen LogP contribution < -0.4 is 0 Å². The van der Waals surface area contributed by atoms with Gasteiger partial charge in [-0.1, -0.05) is 20.3 Å². The smallest absolute Gasteiger partial charge is 0.340 e. The van der Waals surface area contributed by atoms with Crippen LogP contribution in [0.25, 0.3) is 0 Å². The molecule has 25 heavy (non-hydrogen) atoms. The molecule has 0 aromatic rings. The Kier molecular flexibility index (Phi) is 2.75. The van der Waals surface area contributed by atoms with Crippen LogP contribution in [-0.2, 0) is 14.1 Å². The summed E-state index contributed by atoms with van der Waals surface area (Å²) in [7, 11) is 0. The van der Waals surface area contributed by atoms with Gasteiger partial charge in [-0.15, -0.1) is 0 Å². The zero-order chi connectivity index (χ0) is 17.2. The summed E-state index contributed by atoms with van der Waals surface area (Å²) in [6, 6.07) is 0.00103. The van der Waals surface area contributed by atoms with Crippen molar-refractivity contribution in [2.45, 2.75) is 83.0 Å². The lowest BCUT2D eigenvalue weighted by molar-refractivity contribution is -0.200. The van der Waals surface area contributed by atoms with Gasteiger partial charge in [-0.05, 0) is 68.8 Å². The van der Waals surface area contributed by atoms with Crippen LogP contribution in [0.3, 0.4) is 0 Å². The molecule has 4 saturated heterocycles. The highest BCUT2D eigenvalue weighted by atomic mass is 16.7. The standard InChI is InChI=1S/C19H30BN2O3/c1-18(2)12-10-14(18)19(3)15(11-12)24-20(25-19)16-7-5-8-21(16)17(23)13-6-4-9-22(13)20/h12-16H,4-11H2,1-3H3/q-1/t12-,13-,14-,15+,16?,19-,20?/m0/s1. The minimum absolute atomic E-state index is 0.00103. The van der Waals surface area contributed by atoms with Crippen molar-refractivity contribution in [3.8, 4) is 0 Å². The van der Waals surface area contributed by atoms with E-state index in [0.29, 0.717) is 17.2 Å². The fraction of sp³-hybridized carbons (Fsp3) is 0.947. The quantitative estimate of drug-likeness (QED) is 0.631. The molecule has 4 heterocycles. The van der Waals surface area contributed by atoms with Gasteiger partial charge in [0.1, 0.15) is 0 Å². The zero-order valence-corrected chi connectivity index (χ0v) is 15.7. The first-order valence-electron chi connectivity index (χ1n) is 10.5. The largest absolute Gasteiger partial charge is 0.549 e. The molecule has 5 nitrogen and oxygen atoms in total. The van der Waals surface area contributed by atoms with Crippen molar-refractivity contribution in [3.63, 3.8) is 0 Å². The summed E-state index contributed by atoms with van der Waals surface area (Å²) in [4.78, 5) is 17.5. The van der Waals surface area contributed by atoms with Crippen molar-refractivity contribution in [3.05, 3.63) is 0 Å². The van der Waals surface area contributed by atoms with E-state index in [2.05, 4.69) is 30.5 Å². The molecule has 6 heteroatoms. The molecular weight excluding hydrogens is 315 g/mol. The molecular formula is C19H30BN2O3-. The Labute approximate surface area is 150 Å². The van der Waals surface area contributed by atoms with Crippen LogP contribution in [0.15, 0.2) is 0 Å². The van der Waals surface area contributed by atoms with Crippen LogP contribution >= 0.6 is 0 Å². The Morgan fingerprint density at radius 3 is 2.72 bits per heavy atom. The highest BCUT2D eigenvalue weighted by molar-refractivity contribution is 6.68. The maximum absolute atomic E-state index is 13.0. The first-order chi connectivity index (χ1) is 11.9. The number of hydrogen-bond donors (Lipinski definition) is 0. The lowest BCUT2D eigenvalue weighted by atomic mass is 9.43. The summed E-state index contributed by atoms with van der Waals surface area (Å²) in [6.07, 6.45) is 6.81. The minimum atomic E-state index is -1.53. The van der Waals surface area contributed by atoms with Gasteiger partial charge in [0.05, 0.1) is 6.04 Å². The highest BCUT2D eigenvalue weighted by Gasteiger charge is 2.71. The molecule has 3 saturated carbocycles. The number of hydrogen-bond acceptors (Lipinski definition) is 4. The molecule has 2 bridgehead atoms. The summed E-state index contributed by atoms with van der Waals surface area (Å²) >= 11 is 0. The minimum Gasteiger partial charge on any atom is -0.549 e. The number of rotatable bonds is 0. The predicted molar refractivity (Wildman–Crippen MR) is 94.6 cm³/mol. The fourth-order valence-corrected chi connectivity index (χ4v) is 7.80. The lowest BCUT2D eigenvalue weighted by Crippen LogP contribution is -2.76. The first-order valence-corrected chi connectivity index (χ1v) is 10.5. The average Bonchev–Trinajstić information content (AvgIpc) is 3.28. The van der Waals surface area contributed by atoms with Crippen molar-refractivity contribution < 1.29 is 14.1 Å². The van der Waals surface area contributed by atoms with Gasteiger partial charge in [-0.25, -0.2) is 0 Å². The summed E-state index contributed by atoms with van der Waals surface area (Å²) in [5, 5.41) is 0. The van der Waals surface area contributed by atoms with Crippen molar-refractivity contribution in [1.82, 2.24) is 9.71 Å². The van der Waals surface area contributed by atoms with Crippen molar-refractivity contribution in [2.24, 2.45) is 17.3 Å². The van der Waals surface area contributed by atoms with Crippen molar-refractivity contribution in [2.75, 3.05) is 13.1 Å². The Balaban J connectivity index is 1.44. The third-order valence-electron chi connectivity index (χ3n) is 9.19. The molecule has 1 amide bonds. The Bertz CT molecular complexity index is 631. The van der Waals surface area contributed by atoms with Crippen LogP contribution in [-0.4, -0.2) is 59.1 Å². The SMILES string of the molecule is CC1(C)[C@@H]2C[C@H]3O[B-]4(O[C@@]3(C)[C@H]1C2)C1CCCN1C(=O)[C@@H]1CCCN14. The van der Waals surface area contributed by atoms with Gasteiger partial charge in [0, 0.05) is 18.2 Å². The maximum atomic E-state index is 13.0. The molecule has 3 aliphatic carbocycles. The summed E-state index contributed by atoms with van der Waals surface area (Å²) in [5.74, 6) is 1.83. The number of fused-ring (bicyclic) bond motifs is 4. The fourth-order valence-electron chi connectivity index (χ4n) is 7.80. The third-order valence-corrected chi connectivity index (χ3v) is 9.19. The molecule has 7 fully saturated rings. The van der Waals surface area contributed by atoms with Gasteiger partial charge in [0.25, 0.3) is 0 Å². The van der Waals surface area contributed by atoms with Crippen LogP contribution in [0.5, 0.6) is 0 Å². The van der Waals surface area contributed by atoms with Crippen LogP contribution in [0.1, 0.15) is 59.3 Å². The zero-order valence-electron chi connectivity index (χ0n) is 15.7. The average molecular weight is 345 g/mol. The van der Waals surface area contributed by atoms with E-state index in [-0.39, 0.29) is 23.7 Å². The van der Waals surface area contributed by atoms with E-state index in [9.17, 15) is 4.79 Å². The van der Waals surface area contributed by atoms with Gasteiger partial charge < -0.3 is 19.0 Å². The van der Waals surface area contributed by atoms with E-state index in [1.807, 2.05) is 0 Å². The monoisotopic (exact) mass is 345 g/mol. The van der Waals surface area contributed by atoms with E-state index in [1.165, 1.54) is 6.42 Å². The molecule has 7 aliphatic rings. The van der Waals surface area contributed by atoms with Gasteiger partial charge in [-0.3, -0.25) is 4.79 Å². The van der Waals surface area contributed by atoms with Crippen LogP contribution in [0, 0.1) is 17.3 Å². The van der Waals surface area contributed by atoms with Gasteiger partial charge >= 0.3 is 6.69 Å². The Morgan fingerprint density at radius 2 is 1.92 bits per heavy atom. The molecule has 2 unspecified atom stereocenters. The number of amides is 1. The third kappa shape index (κ3) is 1.58. The van der Waals surface area contributed by atoms with Crippen LogP contribution in [0.4, 0.5) is 0 Å². The molecule has 0 aromatic carbocycles. The van der Waals surface area contributed by atoms with Gasteiger partial charge in [-0.2, -0.15) is 0 Å². The molecule has 0 radical (unpaired) electrons. The Hall–Kier alpha value is -0.585. The van der Waals surface area contributed by atoms with E-state index in [1.54, 1.807) is 0 Å². The molecule has 7 atom stereocenters. The highest BCUT2D eigenvalue weighted by Crippen LogP contribution is 2.67. The Morgan fingerprint density at radius 1 is 1.12 bits per heavy atom. The summed E-state index contributed by atoms with van der Waals surface area (Å²) in [6.45, 7) is 7.47. The molecule has 4 aliphatic heterocycles. The van der Waals surface area contributed by atoms with Crippen molar-refractivity contribution >= 4 is 12.6 Å². The van der Waals surface area contributed by atoms with E-state index < -0.39 is 6.69 Å². The van der Waals surface area contributed by atoms with E-state index >= 15 is 0 Å². The number of carbonyl (C=O) groups is 1. The van der Waals surface area contributed by atoms with E-state index in [0.717, 1.165) is 51.1 Å². The van der Waals surface area contributed by atoms with Gasteiger partial charge in [0.15, 0.2) is 0 Å². The summed E-state index contributed by atoms with van der Waals surface area (Å²) in [5.41, 5.74) is 0.181. The lowest BCUT2D eigenvalue weighted by Gasteiger charge is -2.66. The molecule has 0 N–H and O–H groups in total. The van der Waals surface area contributed by atoms with Crippen LogP contribution in [0.2, 0.25) is 0 Å². The topological polar surface area (TPSA) is 42.0 Å². The molecule has 138 valence electrons. The molecule has 7 rings (SSSR count). The molecule has 0 aromatic heterocycles. The van der Waals surface area contributed by atoms with Gasteiger partial charge in [0.2, 0.25) is 5.91 Å². The van der Waals surface area contributed by atoms with Crippen molar-refractivity contribution in [1.29, 1.82) is 0 Å². The predicted octanol–water partition coefficient (Wildman–Crippen LogP) is 2.17. The number of carbonyl (C=O) groups excluding carboxylic acids is 1.